The van der Waals surface area contributed by atoms with Crippen LogP contribution in [0.2, 0.25) is 0 Å². The molecular weight excluding hydrogens is 192 g/mol. The third-order valence-electron chi connectivity index (χ3n) is 1.50. The topological polar surface area (TPSA) is 65.2 Å². The number of nitrogens with zero attached hydrogens (tertiary/aromatic N) is 1. The molecule has 0 bridgehead atoms. The summed E-state index contributed by atoms with van der Waals surface area (Å²) in [6, 6.07) is 3.42. The molecule has 2 N–H and O–H groups in total. The van der Waals surface area contributed by atoms with Gasteiger partial charge in [0.25, 0.3) is 0 Å². The summed E-state index contributed by atoms with van der Waals surface area (Å²) in [7, 11) is 0. The molecule has 0 spiro atoms. The van der Waals surface area contributed by atoms with Crippen LogP contribution in [0, 0.1) is 0 Å². The molecule has 1 aromatic rings. The molecule has 1 rings (SSSR count). The van der Waals surface area contributed by atoms with Crippen molar-refractivity contribution in [3.8, 4) is 0 Å². The molecule has 0 amide bonds. The fourth-order valence-electron chi connectivity index (χ4n) is 0.919. The van der Waals surface area contributed by atoms with Gasteiger partial charge in [0.2, 0.25) is 0 Å². The molecule has 0 aliphatic rings. The van der Waals surface area contributed by atoms with E-state index in [1.54, 1.807) is 25.3 Å². The molecule has 84 valence electrons. The fraction of sp³-hybridized carbons (Fsp3) is 0.455. The van der Waals surface area contributed by atoms with Crippen LogP contribution in [0.3, 0.4) is 0 Å². The highest BCUT2D eigenvalue weighted by Crippen LogP contribution is 2.02. The predicted molar refractivity (Wildman–Crippen MR) is 60.3 cm³/mol. The minimum atomic E-state index is -0.242. The summed E-state index contributed by atoms with van der Waals surface area (Å²) >= 11 is 0. The Hall–Kier alpha value is -1.58. The Labute approximate surface area is 90.5 Å². The van der Waals surface area contributed by atoms with Crippen LogP contribution in [0.4, 0.5) is 5.82 Å². The second kappa shape index (κ2) is 7.79. The van der Waals surface area contributed by atoms with Crippen LogP contribution in [-0.4, -0.2) is 17.6 Å². The van der Waals surface area contributed by atoms with Crippen LogP contribution in [0.1, 0.15) is 26.3 Å². The minimum absolute atomic E-state index is 0.242. The number of carbonyl (C=O) groups excluding carboxylic acids is 1. The lowest BCUT2D eigenvalue weighted by molar-refractivity contribution is -0.142. The zero-order chi connectivity index (χ0) is 11.7. The van der Waals surface area contributed by atoms with Crippen LogP contribution in [0.15, 0.2) is 18.3 Å². The van der Waals surface area contributed by atoms with Crippen molar-refractivity contribution < 1.29 is 9.53 Å². The summed E-state index contributed by atoms with van der Waals surface area (Å²) in [6.07, 6.45) is 1.83. The molecule has 1 aromatic heterocycles. The van der Waals surface area contributed by atoms with Crippen LogP contribution in [0.25, 0.3) is 0 Å². The first-order chi connectivity index (χ1) is 7.22. The first-order valence-corrected chi connectivity index (χ1v) is 5.08. The monoisotopic (exact) mass is 210 g/mol. The molecule has 0 fully saturated rings. The van der Waals surface area contributed by atoms with Crippen molar-refractivity contribution >= 4 is 11.8 Å². The van der Waals surface area contributed by atoms with Gasteiger partial charge in [0.15, 0.2) is 0 Å². The second-order valence-corrected chi connectivity index (χ2v) is 2.57. The zero-order valence-corrected chi connectivity index (χ0v) is 9.49. The van der Waals surface area contributed by atoms with Crippen LogP contribution in [-0.2, 0) is 16.0 Å². The Morgan fingerprint density at radius 2 is 2.13 bits per heavy atom. The molecule has 4 nitrogen and oxygen atoms in total. The van der Waals surface area contributed by atoms with Gasteiger partial charge in [0.05, 0.1) is 13.0 Å². The van der Waals surface area contributed by atoms with Gasteiger partial charge in [0, 0.05) is 6.20 Å². The van der Waals surface area contributed by atoms with Crippen LogP contribution in [0.5, 0.6) is 0 Å². The maximum Gasteiger partial charge on any atom is 0.310 e. The Kier molecular flexibility index (Phi) is 6.97. The number of ether oxygens (including phenoxy) is 1. The summed E-state index contributed by atoms with van der Waals surface area (Å²) in [6.45, 7) is 6.18. The number of anilines is 1. The molecule has 0 unspecified atom stereocenters. The maximum absolute atomic E-state index is 11.0. The molecule has 0 radical (unpaired) electrons. The van der Waals surface area contributed by atoms with E-state index in [-0.39, 0.29) is 12.4 Å². The van der Waals surface area contributed by atoms with E-state index in [9.17, 15) is 4.79 Å². The van der Waals surface area contributed by atoms with Gasteiger partial charge >= 0.3 is 5.97 Å². The lowest BCUT2D eigenvalue weighted by Crippen LogP contribution is -2.07. The normalized spacial score (nSPS) is 8.73. The first kappa shape index (κ1) is 13.4. The van der Waals surface area contributed by atoms with E-state index >= 15 is 0 Å². The van der Waals surface area contributed by atoms with Gasteiger partial charge in [-0.15, -0.1) is 0 Å². The minimum Gasteiger partial charge on any atom is -0.466 e. The molecule has 0 aliphatic carbocycles. The molecule has 0 saturated heterocycles. The van der Waals surface area contributed by atoms with Gasteiger partial charge in [-0.05, 0) is 18.6 Å². The van der Waals surface area contributed by atoms with Crippen molar-refractivity contribution in [3.05, 3.63) is 23.9 Å². The van der Waals surface area contributed by atoms with Gasteiger partial charge < -0.3 is 10.5 Å². The summed E-state index contributed by atoms with van der Waals surface area (Å²) in [5.74, 6) is 0.210. The quantitative estimate of drug-likeness (QED) is 0.772. The van der Waals surface area contributed by atoms with Crippen molar-refractivity contribution in [3.63, 3.8) is 0 Å². The Balaban J connectivity index is 0.000000921. The van der Waals surface area contributed by atoms with E-state index in [0.29, 0.717) is 12.4 Å². The number of nitrogen functional groups attached to an aromatic ring is 1. The van der Waals surface area contributed by atoms with Crippen molar-refractivity contribution in [2.24, 2.45) is 0 Å². The largest absolute Gasteiger partial charge is 0.466 e. The summed E-state index contributed by atoms with van der Waals surface area (Å²) in [5, 5.41) is 0. The smallest absolute Gasteiger partial charge is 0.310 e. The van der Waals surface area contributed by atoms with Gasteiger partial charge in [-0.2, -0.15) is 0 Å². The molecular formula is C11H18N2O2. The molecule has 0 atom stereocenters. The molecule has 0 saturated carbocycles. The number of carbonyl (C=O) groups is 1. The van der Waals surface area contributed by atoms with Crippen molar-refractivity contribution in [1.29, 1.82) is 0 Å². The third kappa shape index (κ3) is 5.67. The summed E-state index contributed by atoms with van der Waals surface area (Å²) in [4.78, 5) is 14.9. The Morgan fingerprint density at radius 3 is 2.60 bits per heavy atom. The standard InChI is InChI=1S/C9H12N2O2.C2H6/c1-2-13-9(12)5-7-3-4-8(10)11-6-7;1-2/h3-4,6H,2,5H2,1H3,(H2,10,11);1-2H3. The van der Waals surface area contributed by atoms with Gasteiger partial charge in [-0.25, -0.2) is 4.98 Å². The van der Waals surface area contributed by atoms with Crippen molar-refractivity contribution in [1.82, 2.24) is 4.98 Å². The van der Waals surface area contributed by atoms with E-state index < -0.39 is 0 Å². The van der Waals surface area contributed by atoms with Gasteiger partial charge in [0.1, 0.15) is 5.82 Å². The van der Waals surface area contributed by atoms with E-state index in [4.69, 9.17) is 10.5 Å². The average Bonchev–Trinajstić information content (AvgIpc) is 2.25. The van der Waals surface area contributed by atoms with E-state index in [1.807, 2.05) is 13.8 Å². The van der Waals surface area contributed by atoms with Crippen molar-refractivity contribution in [2.45, 2.75) is 27.2 Å². The summed E-state index contributed by atoms with van der Waals surface area (Å²) in [5.41, 5.74) is 6.20. The maximum atomic E-state index is 11.0. The number of pyridine rings is 1. The highest BCUT2D eigenvalue weighted by atomic mass is 16.5. The van der Waals surface area contributed by atoms with Crippen molar-refractivity contribution in [2.75, 3.05) is 12.3 Å². The molecule has 0 aliphatic heterocycles. The number of hydrogen-bond donors (Lipinski definition) is 1. The van der Waals surface area contributed by atoms with Gasteiger partial charge in [-0.3, -0.25) is 4.79 Å². The van der Waals surface area contributed by atoms with Gasteiger partial charge in [-0.1, -0.05) is 19.9 Å². The number of nitrogens with two attached hydrogens (primary N) is 1. The Bertz CT molecular complexity index is 283. The van der Waals surface area contributed by atoms with Crippen LogP contribution < -0.4 is 5.73 Å². The highest BCUT2D eigenvalue weighted by Gasteiger charge is 2.03. The average molecular weight is 210 g/mol. The molecule has 1 heterocycles. The number of esters is 1. The molecule has 15 heavy (non-hydrogen) atoms. The third-order valence-corrected chi connectivity index (χ3v) is 1.50. The van der Waals surface area contributed by atoms with E-state index in [2.05, 4.69) is 4.98 Å². The Morgan fingerprint density at radius 1 is 1.47 bits per heavy atom. The lowest BCUT2D eigenvalue weighted by atomic mass is 10.2. The SMILES string of the molecule is CC.CCOC(=O)Cc1ccc(N)nc1. The summed E-state index contributed by atoms with van der Waals surface area (Å²) < 4.78 is 4.78. The number of aromatic nitrogens is 1. The number of rotatable bonds is 3. The zero-order valence-electron chi connectivity index (χ0n) is 9.49. The lowest BCUT2D eigenvalue weighted by Gasteiger charge is -2.01. The number of hydrogen-bond acceptors (Lipinski definition) is 4. The fourth-order valence-corrected chi connectivity index (χ4v) is 0.919. The second-order valence-electron chi connectivity index (χ2n) is 2.57. The van der Waals surface area contributed by atoms with Crippen LogP contribution >= 0.6 is 0 Å². The van der Waals surface area contributed by atoms with E-state index in [1.165, 1.54) is 0 Å². The predicted octanol–water partition coefficient (Wildman–Crippen LogP) is 1.80. The first-order valence-electron chi connectivity index (χ1n) is 5.08. The molecule has 4 heteroatoms. The van der Waals surface area contributed by atoms with E-state index in [0.717, 1.165) is 5.56 Å². The molecule has 0 aromatic carbocycles. The highest BCUT2D eigenvalue weighted by molar-refractivity contribution is 5.72.